The fraction of sp³-hybridized carbons (Fsp3) is 0.381. The second-order valence-electron chi connectivity index (χ2n) is 6.68. The largest absolute Gasteiger partial charge is 0.486 e. The lowest BCUT2D eigenvalue weighted by atomic mass is 10.1. The first-order valence-corrected chi connectivity index (χ1v) is 11.2. The van der Waals surface area contributed by atoms with Crippen molar-refractivity contribution in [1.82, 2.24) is 9.62 Å². The smallest absolute Gasteiger partial charge is 0.254 e. The van der Waals surface area contributed by atoms with Crippen molar-refractivity contribution < 1.29 is 27.4 Å². The molecule has 0 radical (unpaired) electrons. The second-order valence-corrected chi connectivity index (χ2v) is 8.45. The van der Waals surface area contributed by atoms with Gasteiger partial charge in [-0.1, -0.05) is 18.2 Å². The standard InChI is InChI=1S/C21H26N2O6S/c1-3-23(15-17-7-5-9-19-20(17)29-13-12-28-19)21(24)16-6-4-8-18(14-16)30(25,26)22-10-11-27-2/h4-9,14,22H,3,10-13,15H2,1-2H3. The first-order chi connectivity index (χ1) is 14.5. The molecule has 1 aliphatic heterocycles. The van der Waals surface area contributed by atoms with Crippen molar-refractivity contribution in [3.8, 4) is 11.5 Å². The van der Waals surface area contributed by atoms with E-state index >= 15 is 0 Å². The van der Waals surface area contributed by atoms with Gasteiger partial charge in [0.1, 0.15) is 13.2 Å². The summed E-state index contributed by atoms with van der Waals surface area (Å²) < 4.78 is 43.6. The summed E-state index contributed by atoms with van der Waals surface area (Å²) in [6, 6.07) is 11.6. The number of ether oxygens (including phenoxy) is 3. The van der Waals surface area contributed by atoms with Crippen molar-refractivity contribution in [1.29, 1.82) is 0 Å². The zero-order valence-electron chi connectivity index (χ0n) is 17.1. The number of para-hydroxylation sites is 1. The van der Waals surface area contributed by atoms with E-state index in [-0.39, 0.29) is 24.0 Å². The molecule has 0 atom stereocenters. The van der Waals surface area contributed by atoms with Gasteiger partial charge in [-0.2, -0.15) is 0 Å². The molecule has 0 saturated carbocycles. The summed E-state index contributed by atoms with van der Waals surface area (Å²) in [7, 11) is -2.24. The first-order valence-electron chi connectivity index (χ1n) is 9.71. The van der Waals surface area contributed by atoms with Crippen LogP contribution in [0.3, 0.4) is 0 Å². The zero-order valence-corrected chi connectivity index (χ0v) is 17.9. The van der Waals surface area contributed by atoms with E-state index in [0.717, 1.165) is 5.56 Å². The molecule has 0 aromatic heterocycles. The highest BCUT2D eigenvalue weighted by Crippen LogP contribution is 2.34. The van der Waals surface area contributed by atoms with Gasteiger partial charge in [-0.3, -0.25) is 4.79 Å². The van der Waals surface area contributed by atoms with Crippen molar-refractivity contribution in [2.75, 3.05) is 40.0 Å². The Morgan fingerprint density at radius 1 is 1.17 bits per heavy atom. The molecule has 0 bridgehead atoms. The number of rotatable bonds is 9. The van der Waals surface area contributed by atoms with Crippen LogP contribution >= 0.6 is 0 Å². The Bertz CT molecular complexity index is 993. The fourth-order valence-corrected chi connectivity index (χ4v) is 4.19. The average molecular weight is 435 g/mol. The lowest BCUT2D eigenvalue weighted by Crippen LogP contribution is -2.31. The molecule has 0 spiro atoms. The van der Waals surface area contributed by atoms with Gasteiger partial charge >= 0.3 is 0 Å². The highest BCUT2D eigenvalue weighted by molar-refractivity contribution is 7.89. The molecule has 8 nitrogen and oxygen atoms in total. The molecule has 1 N–H and O–H groups in total. The molecule has 0 saturated heterocycles. The molecule has 0 aliphatic carbocycles. The Morgan fingerprint density at radius 3 is 2.70 bits per heavy atom. The van der Waals surface area contributed by atoms with Gasteiger partial charge in [-0.25, -0.2) is 13.1 Å². The molecule has 1 amide bonds. The number of benzene rings is 2. The Morgan fingerprint density at radius 2 is 1.93 bits per heavy atom. The Hall–Kier alpha value is -2.62. The van der Waals surface area contributed by atoms with Gasteiger partial charge in [0.05, 0.1) is 11.5 Å². The van der Waals surface area contributed by atoms with E-state index in [1.54, 1.807) is 17.0 Å². The molecule has 162 valence electrons. The molecular weight excluding hydrogens is 408 g/mol. The third kappa shape index (κ3) is 5.10. The number of fused-ring (bicyclic) bond motifs is 1. The van der Waals surface area contributed by atoms with E-state index < -0.39 is 10.0 Å². The molecular formula is C21H26N2O6S. The number of carbonyl (C=O) groups is 1. The molecule has 30 heavy (non-hydrogen) atoms. The number of nitrogens with zero attached hydrogens (tertiary/aromatic N) is 1. The summed E-state index contributed by atoms with van der Waals surface area (Å²) in [5, 5.41) is 0. The van der Waals surface area contributed by atoms with Gasteiger partial charge in [-0.15, -0.1) is 0 Å². The van der Waals surface area contributed by atoms with Crippen LogP contribution in [0.1, 0.15) is 22.8 Å². The van der Waals surface area contributed by atoms with Crippen LogP contribution in [0.25, 0.3) is 0 Å². The monoisotopic (exact) mass is 434 g/mol. The summed E-state index contributed by atoms with van der Waals surface area (Å²) >= 11 is 0. The van der Waals surface area contributed by atoms with E-state index in [1.807, 2.05) is 25.1 Å². The number of carbonyl (C=O) groups excluding carboxylic acids is 1. The topological polar surface area (TPSA) is 94.2 Å². The average Bonchev–Trinajstić information content (AvgIpc) is 2.77. The molecule has 9 heteroatoms. The van der Waals surface area contributed by atoms with Crippen LogP contribution in [0.4, 0.5) is 0 Å². The number of hydrogen-bond donors (Lipinski definition) is 1. The van der Waals surface area contributed by atoms with Crippen molar-refractivity contribution in [2.45, 2.75) is 18.4 Å². The van der Waals surface area contributed by atoms with Crippen LogP contribution in [-0.4, -0.2) is 59.2 Å². The normalized spacial score (nSPS) is 13.1. The summed E-state index contributed by atoms with van der Waals surface area (Å²) in [5.41, 5.74) is 1.14. The molecule has 1 aliphatic rings. The predicted molar refractivity (Wildman–Crippen MR) is 111 cm³/mol. The summed E-state index contributed by atoms with van der Waals surface area (Å²) in [6.07, 6.45) is 0. The van der Waals surface area contributed by atoms with Crippen LogP contribution in [0.2, 0.25) is 0 Å². The third-order valence-electron chi connectivity index (χ3n) is 4.67. The second kappa shape index (κ2) is 9.92. The van der Waals surface area contributed by atoms with E-state index in [0.29, 0.717) is 43.4 Å². The predicted octanol–water partition coefficient (Wildman–Crippen LogP) is 2.04. The third-order valence-corrected chi connectivity index (χ3v) is 6.13. The number of nitrogens with one attached hydrogen (secondary N) is 1. The molecule has 2 aromatic rings. The highest BCUT2D eigenvalue weighted by Gasteiger charge is 2.22. The maximum atomic E-state index is 13.1. The van der Waals surface area contributed by atoms with Crippen LogP contribution < -0.4 is 14.2 Å². The van der Waals surface area contributed by atoms with Gasteiger partial charge < -0.3 is 19.1 Å². The van der Waals surface area contributed by atoms with Crippen LogP contribution in [-0.2, 0) is 21.3 Å². The minimum absolute atomic E-state index is 0.0364. The minimum Gasteiger partial charge on any atom is -0.486 e. The van der Waals surface area contributed by atoms with Gasteiger partial charge in [0.2, 0.25) is 10.0 Å². The quantitative estimate of drug-likeness (QED) is 0.607. The Labute approximate surface area is 176 Å². The highest BCUT2D eigenvalue weighted by atomic mass is 32.2. The van der Waals surface area contributed by atoms with Crippen molar-refractivity contribution >= 4 is 15.9 Å². The first kappa shape index (κ1) is 22.1. The van der Waals surface area contributed by atoms with E-state index in [4.69, 9.17) is 14.2 Å². The number of sulfonamides is 1. The molecule has 2 aromatic carbocycles. The van der Waals surface area contributed by atoms with Gasteiger partial charge in [0.25, 0.3) is 5.91 Å². The van der Waals surface area contributed by atoms with Gasteiger partial charge in [0.15, 0.2) is 11.5 Å². The summed E-state index contributed by atoms with van der Waals surface area (Å²) in [4.78, 5) is 14.8. The Kier molecular flexibility index (Phi) is 7.30. The van der Waals surface area contributed by atoms with Crippen LogP contribution in [0.5, 0.6) is 11.5 Å². The van der Waals surface area contributed by atoms with Crippen molar-refractivity contribution in [2.24, 2.45) is 0 Å². The minimum atomic E-state index is -3.73. The fourth-order valence-electron chi connectivity index (χ4n) is 3.13. The molecule has 3 rings (SSSR count). The van der Waals surface area contributed by atoms with Gasteiger partial charge in [-0.05, 0) is 31.2 Å². The maximum Gasteiger partial charge on any atom is 0.254 e. The van der Waals surface area contributed by atoms with E-state index in [1.165, 1.54) is 19.2 Å². The van der Waals surface area contributed by atoms with Crippen molar-refractivity contribution in [3.63, 3.8) is 0 Å². The zero-order chi connectivity index (χ0) is 21.6. The lowest BCUT2D eigenvalue weighted by Gasteiger charge is -2.25. The molecule has 0 fully saturated rings. The lowest BCUT2D eigenvalue weighted by molar-refractivity contribution is 0.0749. The van der Waals surface area contributed by atoms with Crippen molar-refractivity contribution in [3.05, 3.63) is 53.6 Å². The molecule has 0 unspecified atom stereocenters. The number of hydrogen-bond acceptors (Lipinski definition) is 6. The Balaban J connectivity index is 1.80. The van der Waals surface area contributed by atoms with Crippen LogP contribution in [0.15, 0.2) is 47.4 Å². The van der Waals surface area contributed by atoms with Crippen LogP contribution in [0, 0.1) is 0 Å². The summed E-state index contributed by atoms with van der Waals surface area (Å²) in [6.45, 7) is 4.01. The SMILES string of the molecule is CCN(Cc1cccc2c1OCCO2)C(=O)c1cccc(S(=O)(=O)NCCOC)c1. The van der Waals surface area contributed by atoms with Gasteiger partial charge in [0, 0.05) is 37.9 Å². The number of methoxy groups -OCH3 is 1. The van der Waals surface area contributed by atoms with E-state index in [9.17, 15) is 13.2 Å². The summed E-state index contributed by atoms with van der Waals surface area (Å²) in [5.74, 6) is 1.05. The number of amides is 1. The van der Waals surface area contributed by atoms with E-state index in [2.05, 4.69) is 4.72 Å². The maximum absolute atomic E-state index is 13.1. The molecule has 1 heterocycles.